The standard InChI is InChI=1S/C21H21FN4O3/c1-3-26-20(23-12-24-26)13(2)25-21(27)16-8-15(9-17(22)10-16)14-4-5-18-19(11-14)29-7-6-28-18/h4-5,8-13H,3,6-7H2,1-2H3,(H,25,27). The van der Waals surface area contributed by atoms with E-state index in [-0.39, 0.29) is 17.5 Å². The summed E-state index contributed by atoms with van der Waals surface area (Å²) in [6.07, 6.45) is 1.45. The minimum Gasteiger partial charge on any atom is -0.486 e. The molecule has 4 rings (SSSR count). The lowest BCUT2D eigenvalue weighted by Crippen LogP contribution is -2.29. The van der Waals surface area contributed by atoms with Gasteiger partial charge >= 0.3 is 0 Å². The minimum atomic E-state index is -0.494. The zero-order valence-electron chi connectivity index (χ0n) is 16.2. The maximum absolute atomic E-state index is 14.3. The molecule has 1 unspecified atom stereocenters. The Kier molecular flexibility index (Phi) is 5.16. The van der Waals surface area contributed by atoms with Crippen LogP contribution < -0.4 is 14.8 Å². The van der Waals surface area contributed by atoms with Crippen LogP contribution in [-0.4, -0.2) is 33.9 Å². The topological polar surface area (TPSA) is 78.3 Å². The predicted molar refractivity (Wildman–Crippen MR) is 104 cm³/mol. The van der Waals surface area contributed by atoms with Gasteiger partial charge in [0.15, 0.2) is 11.5 Å². The van der Waals surface area contributed by atoms with Crippen LogP contribution in [0, 0.1) is 5.82 Å². The van der Waals surface area contributed by atoms with Crippen molar-refractivity contribution in [3.63, 3.8) is 0 Å². The number of ether oxygens (including phenoxy) is 2. The first-order valence-electron chi connectivity index (χ1n) is 9.44. The van der Waals surface area contributed by atoms with Crippen molar-refractivity contribution in [2.75, 3.05) is 13.2 Å². The Labute approximate surface area is 167 Å². The highest BCUT2D eigenvalue weighted by atomic mass is 19.1. The van der Waals surface area contributed by atoms with E-state index in [2.05, 4.69) is 15.4 Å². The van der Waals surface area contributed by atoms with Gasteiger partial charge in [-0.2, -0.15) is 5.10 Å². The lowest BCUT2D eigenvalue weighted by Gasteiger charge is -2.19. The molecule has 0 spiro atoms. The van der Waals surface area contributed by atoms with Crippen molar-refractivity contribution < 1.29 is 18.7 Å². The molecule has 29 heavy (non-hydrogen) atoms. The number of aryl methyl sites for hydroxylation is 1. The van der Waals surface area contributed by atoms with Gasteiger partial charge in [0.2, 0.25) is 0 Å². The molecule has 0 aliphatic carbocycles. The SMILES string of the molecule is CCn1ncnc1C(C)NC(=O)c1cc(F)cc(-c2ccc3c(c2)OCCO3)c1. The third-order valence-electron chi connectivity index (χ3n) is 4.72. The number of aromatic nitrogens is 3. The third-order valence-corrected chi connectivity index (χ3v) is 4.72. The zero-order chi connectivity index (χ0) is 20.4. The van der Waals surface area contributed by atoms with Gasteiger partial charge in [0, 0.05) is 12.1 Å². The van der Waals surface area contributed by atoms with Crippen molar-refractivity contribution >= 4 is 5.91 Å². The van der Waals surface area contributed by atoms with E-state index >= 15 is 0 Å². The Bertz CT molecular complexity index is 1050. The number of hydrogen-bond donors (Lipinski definition) is 1. The van der Waals surface area contributed by atoms with Crippen LogP contribution in [0.3, 0.4) is 0 Å². The summed E-state index contributed by atoms with van der Waals surface area (Å²) in [5.41, 5.74) is 1.54. The smallest absolute Gasteiger partial charge is 0.251 e. The van der Waals surface area contributed by atoms with Gasteiger partial charge in [-0.05, 0) is 55.3 Å². The first kappa shape index (κ1) is 18.9. The predicted octanol–water partition coefficient (Wildman–Crippen LogP) is 3.37. The number of benzene rings is 2. The van der Waals surface area contributed by atoms with Gasteiger partial charge in [0.05, 0.1) is 6.04 Å². The van der Waals surface area contributed by atoms with E-state index in [0.717, 1.165) is 5.56 Å². The summed E-state index contributed by atoms with van der Waals surface area (Å²) in [7, 11) is 0. The van der Waals surface area contributed by atoms with Gasteiger partial charge in [0.25, 0.3) is 5.91 Å². The van der Waals surface area contributed by atoms with E-state index in [9.17, 15) is 9.18 Å². The molecule has 1 amide bonds. The van der Waals surface area contributed by atoms with Gasteiger partial charge in [-0.15, -0.1) is 0 Å². The Morgan fingerprint density at radius 2 is 1.97 bits per heavy atom. The Morgan fingerprint density at radius 3 is 2.76 bits per heavy atom. The Morgan fingerprint density at radius 1 is 1.17 bits per heavy atom. The van der Waals surface area contributed by atoms with Crippen LogP contribution in [0.25, 0.3) is 11.1 Å². The van der Waals surface area contributed by atoms with Crippen molar-refractivity contribution in [3.05, 3.63) is 59.9 Å². The number of fused-ring (bicyclic) bond motifs is 1. The molecule has 7 nitrogen and oxygen atoms in total. The van der Waals surface area contributed by atoms with Gasteiger partial charge in [-0.1, -0.05) is 6.07 Å². The van der Waals surface area contributed by atoms with E-state index in [0.29, 0.717) is 42.6 Å². The molecule has 2 heterocycles. The lowest BCUT2D eigenvalue weighted by atomic mass is 10.0. The fourth-order valence-corrected chi connectivity index (χ4v) is 3.31. The normalized spacial score (nSPS) is 13.8. The maximum atomic E-state index is 14.3. The zero-order valence-corrected chi connectivity index (χ0v) is 16.2. The molecule has 0 radical (unpaired) electrons. The van der Waals surface area contributed by atoms with Crippen molar-refractivity contribution in [1.82, 2.24) is 20.1 Å². The second kappa shape index (κ2) is 7.90. The summed E-state index contributed by atoms with van der Waals surface area (Å²) in [5, 5.41) is 6.97. The second-order valence-electron chi connectivity index (χ2n) is 6.72. The largest absolute Gasteiger partial charge is 0.486 e. The number of nitrogens with zero attached hydrogens (tertiary/aromatic N) is 3. The molecule has 0 saturated heterocycles. The molecule has 3 aromatic rings. The van der Waals surface area contributed by atoms with Crippen LogP contribution in [0.4, 0.5) is 4.39 Å². The number of amides is 1. The quantitative estimate of drug-likeness (QED) is 0.715. The Hall–Kier alpha value is -3.42. The van der Waals surface area contributed by atoms with Crippen LogP contribution in [0.5, 0.6) is 11.5 Å². The number of carbonyl (C=O) groups is 1. The van der Waals surface area contributed by atoms with Crippen molar-refractivity contribution in [2.45, 2.75) is 26.4 Å². The average Bonchev–Trinajstić information content (AvgIpc) is 3.22. The van der Waals surface area contributed by atoms with Gasteiger partial charge in [-0.3, -0.25) is 4.79 Å². The fraction of sp³-hybridized carbons (Fsp3) is 0.286. The lowest BCUT2D eigenvalue weighted by molar-refractivity contribution is 0.0937. The molecule has 0 fully saturated rings. The number of carbonyl (C=O) groups excluding carboxylic acids is 1. The molecule has 0 saturated carbocycles. The van der Waals surface area contributed by atoms with E-state index in [1.807, 2.05) is 19.9 Å². The molecule has 0 bridgehead atoms. The van der Waals surface area contributed by atoms with Crippen molar-refractivity contribution in [2.24, 2.45) is 0 Å². The molecular weight excluding hydrogens is 375 g/mol. The number of rotatable bonds is 5. The van der Waals surface area contributed by atoms with E-state index in [4.69, 9.17) is 9.47 Å². The van der Waals surface area contributed by atoms with Crippen LogP contribution in [0.15, 0.2) is 42.7 Å². The van der Waals surface area contributed by atoms with Crippen LogP contribution >= 0.6 is 0 Å². The summed E-state index contributed by atoms with van der Waals surface area (Å²) in [5.74, 6) is 1.03. The van der Waals surface area contributed by atoms with Gasteiger partial charge in [-0.25, -0.2) is 14.1 Å². The maximum Gasteiger partial charge on any atom is 0.251 e. The highest BCUT2D eigenvalue weighted by Crippen LogP contribution is 2.35. The highest BCUT2D eigenvalue weighted by Gasteiger charge is 2.18. The summed E-state index contributed by atoms with van der Waals surface area (Å²) in [6, 6.07) is 9.28. The van der Waals surface area contributed by atoms with Crippen LogP contribution in [0.2, 0.25) is 0 Å². The van der Waals surface area contributed by atoms with E-state index in [1.54, 1.807) is 22.9 Å². The molecule has 1 atom stereocenters. The first-order chi connectivity index (χ1) is 14.0. The van der Waals surface area contributed by atoms with E-state index in [1.165, 1.54) is 18.5 Å². The van der Waals surface area contributed by atoms with Crippen LogP contribution in [0.1, 0.15) is 36.1 Å². The number of hydrogen-bond acceptors (Lipinski definition) is 5. The van der Waals surface area contributed by atoms with Crippen LogP contribution in [-0.2, 0) is 6.54 Å². The number of halogens is 1. The Balaban J connectivity index is 1.59. The molecule has 1 aliphatic heterocycles. The van der Waals surface area contributed by atoms with E-state index < -0.39 is 5.82 Å². The molecule has 1 aliphatic rings. The highest BCUT2D eigenvalue weighted by molar-refractivity contribution is 5.95. The summed E-state index contributed by atoms with van der Waals surface area (Å²) >= 11 is 0. The minimum absolute atomic E-state index is 0.226. The van der Waals surface area contributed by atoms with Crippen molar-refractivity contribution in [3.8, 4) is 22.6 Å². The molecule has 1 aromatic heterocycles. The second-order valence-corrected chi connectivity index (χ2v) is 6.72. The summed E-state index contributed by atoms with van der Waals surface area (Å²) < 4.78 is 27.1. The monoisotopic (exact) mass is 396 g/mol. The molecular formula is C21H21FN4O3. The van der Waals surface area contributed by atoms with Gasteiger partial charge in [0.1, 0.15) is 31.2 Å². The molecule has 8 heteroatoms. The summed E-state index contributed by atoms with van der Waals surface area (Å²) in [4.78, 5) is 16.9. The molecule has 1 N–H and O–H groups in total. The fourth-order valence-electron chi connectivity index (χ4n) is 3.31. The molecule has 150 valence electrons. The van der Waals surface area contributed by atoms with Crippen molar-refractivity contribution in [1.29, 1.82) is 0 Å². The third kappa shape index (κ3) is 3.91. The molecule has 2 aromatic carbocycles. The first-order valence-corrected chi connectivity index (χ1v) is 9.44. The summed E-state index contributed by atoms with van der Waals surface area (Å²) in [6.45, 7) is 5.37. The number of nitrogens with one attached hydrogen (secondary N) is 1. The average molecular weight is 396 g/mol. The van der Waals surface area contributed by atoms with Gasteiger partial charge < -0.3 is 14.8 Å².